The van der Waals surface area contributed by atoms with Crippen molar-refractivity contribution in [1.29, 1.82) is 0 Å². The van der Waals surface area contributed by atoms with Crippen LogP contribution >= 0.6 is 0 Å². The molecule has 0 aromatic carbocycles. The first kappa shape index (κ1) is 17.2. The van der Waals surface area contributed by atoms with E-state index < -0.39 is 0 Å². The van der Waals surface area contributed by atoms with E-state index in [0.29, 0.717) is 12.0 Å². The van der Waals surface area contributed by atoms with Gasteiger partial charge >= 0.3 is 0 Å². The van der Waals surface area contributed by atoms with Crippen LogP contribution in [0.3, 0.4) is 0 Å². The zero-order valence-electron chi connectivity index (χ0n) is 15.0. The van der Waals surface area contributed by atoms with Crippen LogP contribution in [0.4, 0.5) is 0 Å². The van der Waals surface area contributed by atoms with Gasteiger partial charge in [0.05, 0.1) is 18.9 Å². The average Bonchev–Trinajstić information content (AvgIpc) is 3.28. The van der Waals surface area contributed by atoms with Crippen LogP contribution in [0.5, 0.6) is 0 Å². The van der Waals surface area contributed by atoms with Crippen LogP contribution in [0, 0.1) is 0 Å². The minimum atomic E-state index is 0.397. The van der Waals surface area contributed by atoms with Crippen molar-refractivity contribution in [1.82, 2.24) is 25.0 Å². The first-order valence-electron chi connectivity index (χ1n) is 8.96. The Bertz CT molecular complexity index is 607. The number of aryl methyl sites for hydroxylation is 1. The molecule has 0 amide bonds. The average molecular weight is 331 g/mol. The van der Waals surface area contributed by atoms with Crippen molar-refractivity contribution >= 4 is 0 Å². The van der Waals surface area contributed by atoms with Gasteiger partial charge in [-0.15, -0.1) is 0 Å². The van der Waals surface area contributed by atoms with Crippen LogP contribution < -0.4 is 0 Å². The molecular formula is C18H29N5O. The Kier molecular flexibility index (Phi) is 5.68. The quantitative estimate of drug-likeness (QED) is 0.806. The predicted molar refractivity (Wildman–Crippen MR) is 93.8 cm³/mol. The van der Waals surface area contributed by atoms with Gasteiger partial charge in [0, 0.05) is 24.7 Å². The lowest BCUT2D eigenvalue weighted by Crippen LogP contribution is -2.34. The Hall–Kier alpha value is -1.66. The number of hydrogen-bond acceptors (Lipinski definition) is 5. The molecule has 1 saturated heterocycles. The molecule has 0 radical (unpaired) electrons. The fourth-order valence-corrected chi connectivity index (χ4v) is 3.30. The van der Waals surface area contributed by atoms with E-state index in [0.717, 1.165) is 37.7 Å². The normalized spacial score (nSPS) is 19.0. The zero-order chi connectivity index (χ0) is 16.9. The van der Waals surface area contributed by atoms with E-state index in [2.05, 4.69) is 45.9 Å². The van der Waals surface area contributed by atoms with Gasteiger partial charge in [0.2, 0.25) is 5.89 Å². The molecule has 2 aromatic heterocycles. The van der Waals surface area contributed by atoms with E-state index >= 15 is 0 Å². The highest BCUT2D eigenvalue weighted by Crippen LogP contribution is 2.19. The molecule has 0 bridgehead atoms. The lowest BCUT2D eigenvalue weighted by Gasteiger charge is -2.23. The second-order valence-corrected chi connectivity index (χ2v) is 7.18. The zero-order valence-corrected chi connectivity index (χ0v) is 15.0. The van der Waals surface area contributed by atoms with Crippen molar-refractivity contribution < 1.29 is 4.42 Å². The van der Waals surface area contributed by atoms with Crippen LogP contribution in [0.2, 0.25) is 0 Å². The van der Waals surface area contributed by atoms with E-state index in [-0.39, 0.29) is 0 Å². The lowest BCUT2D eigenvalue weighted by molar-refractivity contribution is 0.204. The Morgan fingerprint density at radius 1 is 1.42 bits per heavy atom. The smallest absolute Gasteiger partial charge is 0.208 e. The summed E-state index contributed by atoms with van der Waals surface area (Å²) in [4.78, 5) is 9.36. The Morgan fingerprint density at radius 2 is 2.29 bits per heavy atom. The third-order valence-electron chi connectivity index (χ3n) is 4.89. The minimum Gasteiger partial charge on any atom is -0.444 e. The molecule has 1 fully saturated rings. The van der Waals surface area contributed by atoms with Gasteiger partial charge < -0.3 is 9.32 Å². The summed E-state index contributed by atoms with van der Waals surface area (Å²) in [6, 6.07) is 0.591. The van der Waals surface area contributed by atoms with Crippen molar-refractivity contribution in [2.24, 2.45) is 0 Å². The second-order valence-electron chi connectivity index (χ2n) is 7.18. The molecular weight excluding hydrogens is 302 g/mol. The first-order valence-corrected chi connectivity index (χ1v) is 8.96. The molecule has 2 aromatic rings. The summed E-state index contributed by atoms with van der Waals surface area (Å²) in [5, 5.41) is 6.88. The summed E-state index contributed by atoms with van der Waals surface area (Å²) in [6.07, 6.45) is 9.28. The highest BCUT2D eigenvalue weighted by Gasteiger charge is 2.26. The van der Waals surface area contributed by atoms with E-state index in [1.165, 1.54) is 24.9 Å². The minimum absolute atomic E-state index is 0.397. The molecule has 1 unspecified atom stereocenters. The molecule has 1 aliphatic rings. The van der Waals surface area contributed by atoms with Crippen molar-refractivity contribution in [3.05, 3.63) is 35.8 Å². The molecule has 3 heterocycles. The molecule has 0 spiro atoms. The van der Waals surface area contributed by atoms with Gasteiger partial charge in [-0.1, -0.05) is 13.8 Å². The molecule has 6 heteroatoms. The SMILES string of the molecule is CC(C)c1cnc(CN(C)C2CCN(CCCc3cn[nH]c3)C2)o1. The molecule has 0 aliphatic carbocycles. The number of likely N-dealkylation sites (tertiary alicyclic amines) is 1. The van der Waals surface area contributed by atoms with Gasteiger partial charge in [-0.3, -0.25) is 10.00 Å². The van der Waals surface area contributed by atoms with Crippen LogP contribution in [-0.4, -0.2) is 57.7 Å². The highest BCUT2D eigenvalue weighted by molar-refractivity contribution is 5.02. The van der Waals surface area contributed by atoms with Gasteiger partial charge in [-0.25, -0.2) is 4.98 Å². The van der Waals surface area contributed by atoms with Gasteiger partial charge in [0.15, 0.2) is 0 Å². The van der Waals surface area contributed by atoms with Crippen molar-refractivity contribution in [2.75, 3.05) is 26.7 Å². The fraction of sp³-hybridized carbons (Fsp3) is 0.667. The molecule has 0 saturated carbocycles. The fourth-order valence-electron chi connectivity index (χ4n) is 3.30. The van der Waals surface area contributed by atoms with Gasteiger partial charge in [0.1, 0.15) is 5.76 Å². The number of aromatic nitrogens is 3. The number of likely N-dealkylation sites (N-methyl/N-ethyl adjacent to an activating group) is 1. The number of aromatic amines is 1. The summed E-state index contributed by atoms with van der Waals surface area (Å²) in [6.45, 7) is 8.54. The maximum Gasteiger partial charge on any atom is 0.208 e. The van der Waals surface area contributed by atoms with E-state index in [9.17, 15) is 0 Å². The summed E-state index contributed by atoms with van der Waals surface area (Å²) in [5.41, 5.74) is 1.30. The number of nitrogens with one attached hydrogen (secondary N) is 1. The summed E-state index contributed by atoms with van der Waals surface area (Å²) < 4.78 is 5.83. The maximum atomic E-state index is 5.83. The van der Waals surface area contributed by atoms with Crippen LogP contribution in [-0.2, 0) is 13.0 Å². The molecule has 24 heavy (non-hydrogen) atoms. The second kappa shape index (κ2) is 7.94. The number of hydrogen-bond donors (Lipinski definition) is 1. The van der Waals surface area contributed by atoms with Crippen LogP contribution in [0.1, 0.15) is 49.8 Å². The Balaban J connectivity index is 1.40. The van der Waals surface area contributed by atoms with Gasteiger partial charge in [0.25, 0.3) is 0 Å². The molecule has 132 valence electrons. The van der Waals surface area contributed by atoms with E-state index in [1.54, 1.807) is 0 Å². The third kappa shape index (κ3) is 4.45. The number of H-pyrrole nitrogens is 1. The number of oxazole rings is 1. The van der Waals surface area contributed by atoms with Crippen LogP contribution in [0.15, 0.2) is 23.0 Å². The predicted octanol–water partition coefficient (Wildman–Crippen LogP) is 2.66. The van der Waals surface area contributed by atoms with Crippen molar-refractivity contribution in [3.8, 4) is 0 Å². The molecule has 1 aliphatic heterocycles. The number of rotatable bonds is 8. The topological polar surface area (TPSA) is 61.2 Å². The van der Waals surface area contributed by atoms with E-state index in [1.807, 2.05) is 18.6 Å². The van der Waals surface area contributed by atoms with Crippen molar-refractivity contribution in [2.45, 2.75) is 51.6 Å². The highest BCUT2D eigenvalue weighted by atomic mass is 16.4. The Labute approximate surface area is 144 Å². The molecule has 1 N–H and O–H groups in total. The monoisotopic (exact) mass is 331 g/mol. The largest absolute Gasteiger partial charge is 0.444 e. The lowest BCUT2D eigenvalue weighted by atomic mass is 10.2. The van der Waals surface area contributed by atoms with E-state index in [4.69, 9.17) is 4.42 Å². The molecule has 1 atom stereocenters. The molecule has 3 rings (SSSR count). The van der Waals surface area contributed by atoms with Crippen molar-refractivity contribution in [3.63, 3.8) is 0 Å². The van der Waals surface area contributed by atoms with Crippen LogP contribution in [0.25, 0.3) is 0 Å². The standard InChI is InChI=1S/C18H29N5O/c1-14(2)17-11-19-18(24-17)13-22(3)16-6-8-23(12-16)7-4-5-15-9-20-21-10-15/h9-11,14,16H,4-8,12-13H2,1-3H3,(H,20,21). The summed E-state index contributed by atoms with van der Waals surface area (Å²) >= 11 is 0. The Morgan fingerprint density at radius 3 is 3.00 bits per heavy atom. The summed E-state index contributed by atoms with van der Waals surface area (Å²) in [5.74, 6) is 2.21. The first-order chi connectivity index (χ1) is 11.6. The molecule has 6 nitrogen and oxygen atoms in total. The maximum absolute atomic E-state index is 5.83. The summed E-state index contributed by atoms with van der Waals surface area (Å²) in [7, 11) is 2.18. The van der Waals surface area contributed by atoms with Gasteiger partial charge in [-0.2, -0.15) is 5.10 Å². The number of nitrogens with zero attached hydrogens (tertiary/aromatic N) is 4. The third-order valence-corrected chi connectivity index (χ3v) is 4.89. The van der Waals surface area contributed by atoms with Gasteiger partial charge in [-0.05, 0) is 45.0 Å².